The summed E-state index contributed by atoms with van der Waals surface area (Å²) in [6.07, 6.45) is 0.613. The van der Waals surface area contributed by atoms with Crippen molar-refractivity contribution < 1.29 is 9.53 Å². The van der Waals surface area contributed by atoms with Gasteiger partial charge in [0, 0.05) is 5.69 Å². The Morgan fingerprint density at radius 2 is 1.77 bits per heavy atom. The molecule has 0 aromatic heterocycles. The normalized spacial score (nSPS) is 17.7. The second-order valence-corrected chi connectivity index (χ2v) is 5.85. The highest BCUT2D eigenvalue weighted by molar-refractivity contribution is 5.91. The Morgan fingerprint density at radius 3 is 2.32 bits per heavy atom. The van der Waals surface area contributed by atoms with E-state index in [1.54, 1.807) is 4.90 Å². The number of ether oxygens (including phenoxy) is 1. The van der Waals surface area contributed by atoms with Crippen LogP contribution in [-0.4, -0.2) is 18.7 Å². The second kappa shape index (κ2) is 5.84. The SMILES string of the molecule is CCC1CN(c2cc(C)c(-c3ccccc3)c(C)c2)C(=O)O1. The zero-order chi connectivity index (χ0) is 15.7. The largest absolute Gasteiger partial charge is 0.444 e. The molecule has 3 heteroatoms. The number of hydrogen-bond acceptors (Lipinski definition) is 2. The highest BCUT2D eigenvalue weighted by Crippen LogP contribution is 2.33. The molecule has 2 aromatic carbocycles. The molecule has 3 rings (SSSR count). The Kier molecular flexibility index (Phi) is 3.88. The van der Waals surface area contributed by atoms with Crippen LogP contribution in [0.3, 0.4) is 0 Å². The fourth-order valence-electron chi connectivity index (χ4n) is 3.10. The number of hydrogen-bond donors (Lipinski definition) is 0. The van der Waals surface area contributed by atoms with E-state index in [0.717, 1.165) is 12.1 Å². The van der Waals surface area contributed by atoms with E-state index >= 15 is 0 Å². The van der Waals surface area contributed by atoms with Gasteiger partial charge in [0.05, 0.1) is 6.54 Å². The Morgan fingerprint density at radius 1 is 1.14 bits per heavy atom. The second-order valence-electron chi connectivity index (χ2n) is 5.85. The van der Waals surface area contributed by atoms with Gasteiger partial charge in [0.1, 0.15) is 6.10 Å². The molecule has 1 amide bonds. The fraction of sp³-hybridized carbons (Fsp3) is 0.316. The first-order valence-electron chi connectivity index (χ1n) is 7.75. The van der Waals surface area contributed by atoms with Crippen LogP contribution < -0.4 is 4.90 Å². The van der Waals surface area contributed by atoms with Gasteiger partial charge in [0.15, 0.2) is 0 Å². The van der Waals surface area contributed by atoms with E-state index in [4.69, 9.17) is 4.74 Å². The van der Waals surface area contributed by atoms with Crippen molar-refractivity contribution in [1.29, 1.82) is 0 Å². The zero-order valence-electron chi connectivity index (χ0n) is 13.3. The van der Waals surface area contributed by atoms with E-state index in [9.17, 15) is 4.79 Å². The molecule has 22 heavy (non-hydrogen) atoms. The number of carbonyl (C=O) groups is 1. The van der Waals surface area contributed by atoms with Crippen LogP contribution in [0.25, 0.3) is 11.1 Å². The van der Waals surface area contributed by atoms with E-state index in [2.05, 4.69) is 38.1 Å². The zero-order valence-corrected chi connectivity index (χ0v) is 13.3. The van der Waals surface area contributed by atoms with Gasteiger partial charge >= 0.3 is 6.09 Å². The molecule has 0 bridgehead atoms. The van der Waals surface area contributed by atoms with Gasteiger partial charge in [0.25, 0.3) is 0 Å². The van der Waals surface area contributed by atoms with Gasteiger partial charge in [-0.25, -0.2) is 4.79 Å². The minimum absolute atomic E-state index is 0.00177. The number of anilines is 1. The summed E-state index contributed by atoms with van der Waals surface area (Å²) in [6, 6.07) is 14.5. The number of carbonyl (C=O) groups excluding carboxylic acids is 1. The number of aryl methyl sites for hydroxylation is 2. The van der Waals surface area contributed by atoms with Crippen molar-refractivity contribution in [2.75, 3.05) is 11.4 Å². The standard InChI is InChI=1S/C19H21NO2/c1-4-17-12-20(19(21)22-17)16-10-13(2)18(14(3)11-16)15-8-6-5-7-9-15/h5-11,17H,4,12H2,1-3H3. The number of cyclic esters (lactones) is 1. The first-order chi connectivity index (χ1) is 10.6. The predicted molar refractivity (Wildman–Crippen MR) is 89.3 cm³/mol. The number of rotatable bonds is 3. The molecule has 1 aliphatic rings. The molecule has 1 unspecified atom stereocenters. The average Bonchev–Trinajstić information content (AvgIpc) is 2.89. The lowest BCUT2D eigenvalue weighted by Crippen LogP contribution is -2.24. The molecule has 1 heterocycles. The third-order valence-electron chi connectivity index (χ3n) is 4.22. The number of nitrogens with zero attached hydrogens (tertiary/aromatic N) is 1. The summed E-state index contributed by atoms with van der Waals surface area (Å²) >= 11 is 0. The van der Waals surface area contributed by atoms with Crippen LogP contribution in [0.15, 0.2) is 42.5 Å². The molecular weight excluding hydrogens is 274 g/mol. The molecule has 114 valence electrons. The summed E-state index contributed by atoms with van der Waals surface area (Å²) in [6.45, 7) is 6.87. The minimum Gasteiger partial charge on any atom is -0.444 e. The predicted octanol–water partition coefficient (Wildman–Crippen LogP) is 4.71. The van der Waals surface area contributed by atoms with E-state index in [1.807, 2.05) is 25.1 Å². The van der Waals surface area contributed by atoms with Crippen molar-refractivity contribution in [1.82, 2.24) is 0 Å². The Bertz CT molecular complexity index is 671. The van der Waals surface area contributed by atoms with Crippen LogP contribution in [0, 0.1) is 13.8 Å². The summed E-state index contributed by atoms with van der Waals surface area (Å²) in [4.78, 5) is 13.8. The van der Waals surface area contributed by atoms with Crippen molar-refractivity contribution in [2.45, 2.75) is 33.3 Å². The molecule has 1 aliphatic heterocycles. The van der Waals surface area contributed by atoms with Crippen LogP contribution in [0.2, 0.25) is 0 Å². The van der Waals surface area contributed by atoms with Crippen molar-refractivity contribution in [3.8, 4) is 11.1 Å². The molecule has 0 saturated carbocycles. The van der Waals surface area contributed by atoms with Crippen LogP contribution in [0.1, 0.15) is 24.5 Å². The van der Waals surface area contributed by atoms with Gasteiger partial charge in [-0.05, 0) is 54.7 Å². The monoisotopic (exact) mass is 295 g/mol. The number of amides is 1. The molecule has 0 aliphatic carbocycles. The van der Waals surface area contributed by atoms with Gasteiger partial charge in [-0.3, -0.25) is 4.90 Å². The van der Waals surface area contributed by atoms with Crippen LogP contribution in [-0.2, 0) is 4.74 Å². The fourth-order valence-corrected chi connectivity index (χ4v) is 3.10. The van der Waals surface area contributed by atoms with Gasteiger partial charge in [-0.2, -0.15) is 0 Å². The third kappa shape index (κ3) is 2.59. The Labute approximate surface area is 131 Å². The van der Waals surface area contributed by atoms with Gasteiger partial charge < -0.3 is 4.74 Å². The quantitative estimate of drug-likeness (QED) is 0.821. The smallest absolute Gasteiger partial charge is 0.414 e. The molecule has 2 aromatic rings. The van der Waals surface area contributed by atoms with Crippen molar-refractivity contribution in [3.63, 3.8) is 0 Å². The molecule has 1 fully saturated rings. The summed E-state index contributed by atoms with van der Waals surface area (Å²) in [5.41, 5.74) is 5.72. The van der Waals surface area contributed by atoms with E-state index in [-0.39, 0.29) is 12.2 Å². The van der Waals surface area contributed by atoms with Gasteiger partial charge in [0.2, 0.25) is 0 Å². The number of benzene rings is 2. The maximum absolute atomic E-state index is 12.0. The first kappa shape index (κ1) is 14.6. The molecule has 1 saturated heterocycles. The van der Waals surface area contributed by atoms with Crippen molar-refractivity contribution in [2.24, 2.45) is 0 Å². The summed E-state index contributed by atoms with van der Waals surface area (Å²) in [5, 5.41) is 0. The highest BCUT2D eigenvalue weighted by atomic mass is 16.6. The third-order valence-corrected chi connectivity index (χ3v) is 4.22. The topological polar surface area (TPSA) is 29.5 Å². The van der Waals surface area contributed by atoms with Crippen molar-refractivity contribution in [3.05, 3.63) is 53.6 Å². The van der Waals surface area contributed by atoms with Crippen LogP contribution in [0.4, 0.5) is 10.5 Å². The lowest BCUT2D eigenvalue weighted by Gasteiger charge is -2.18. The maximum atomic E-state index is 12.0. The van der Waals surface area contributed by atoms with Crippen molar-refractivity contribution >= 4 is 11.8 Å². The molecule has 0 radical (unpaired) electrons. The lowest BCUT2D eigenvalue weighted by atomic mass is 9.95. The summed E-state index contributed by atoms with van der Waals surface area (Å²) in [5.74, 6) is 0. The Balaban J connectivity index is 1.98. The summed E-state index contributed by atoms with van der Waals surface area (Å²) in [7, 11) is 0. The molecule has 0 N–H and O–H groups in total. The van der Waals surface area contributed by atoms with Gasteiger partial charge in [-0.1, -0.05) is 37.3 Å². The lowest BCUT2D eigenvalue weighted by molar-refractivity contribution is 0.139. The molecular formula is C19H21NO2. The van der Waals surface area contributed by atoms with Crippen LogP contribution >= 0.6 is 0 Å². The highest BCUT2D eigenvalue weighted by Gasteiger charge is 2.31. The average molecular weight is 295 g/mol. The first-order valence-corrected chi connectivity index (χ1v) is 7.75. The minimum atomic E-state index is -0.238. The van der Waals surface area contributed by atoms with Crippen LogP contribution in [0.5, 0.6) is 0 Å². The van der Waals surface area contributed by atoms with Gasteiger partial charge in [-0.15, -0.1) is 0 Å². The van der Waals surface area contributed by atoms with E-state index in [1.165, 1.54) is 22.3 Å². The maximum Gasteiger partial charge on any atom is 0.414 e. The molecule has 1 atom stereocenters. The molecule has 3 nitrogen and oxygen atoms in total. The Hall–Kier alpha value is -2.29. The van der Waals surface area contributed by atoms with E-state index in [0.29, 0.717) is 6.54 Å². The molecule has 0 spiro atoms. The summed E-state index contributed by atoms with van der Waals surface area (Å²) < 4.78 is 5.36. The van der Waals surface area contributed by atoms with E-state index < -0.39 is 0 Å².